The van der Waals surface area contributed by atoms with E-state index in [1.807, 2.05) is 30.3 Å². The first kappa shape index (κ1) is 14.1. The summed E-state index contributed by atoms with van der Waals surface area (Å²) in [6.07, 6.45) is 3.80. The zero-order valence-electron chi connectivity index (χ0n) is 12.4. The minimum Gasteiger partial charge on any atom is -0.376 e. The number of ether oxygens (including phenoxy) is 1. The summed E-state index contributed by atoms with van der Waals surface area (Å²) in [4.78, 5) is 6.63. The Balaban J connectivity index is 1.71. The molecule has 0 radical (unpaired) electrons. The molecule has 0 bridgehead atoms. The van der Waals surface area contributed by atoms with Crippen molar-refractivity contribution in [3.63, 3.8) is 0 Å². The monoisotopic (exact) mass is 287 g/mol. The molecule has 1 aliphatic heterocycles. The second-order valence-electron chi connectivity index (χ2n) is 5.29. The van der Waals surface area contributed by atoms with E-state index in [4.69, 9.17) is 9.26 Å². The van der Waals surface area contributed by atoms with E-state index in [0.29, 0.717) is 11.8 Å². The van der Waals surface area contributed by atoms with Gasteiger partial charge in [-0.05, 0) is 43.5 Å². The van der Waals surface area contributed by atoms with Gasteiger partial charge in [0.25, 0.3) is 11.8 Å². The Bertz CT molecular complexity index is 550. The SMILES string of the molecule is CCN(CC1CCCCO1)c1noc(-c2ccccc2)n1. The van der Waals surface area contributed by atoms with E-state index >= 15 is 0 Å². The molecule has 1 atom stereocenters. The molecule has 1 unspecified atom stereocenters. The first-order valence-corrected chi connectivity index (χ1v) is 7.62. The summed E-state index contributed by atoms with van der Waals surface area (Å²) in [5.41, 5.74) is 0.946. The molecule has 1 aromatic heterocycles. The number of nitrogens with zero attached hydrogens (tertiary/aromatic N) is 3. The zero-order valence-corrected chi connectivity index (χ0v) is 12.4. The molecule has 0 saturated carbocycles. The van der Waals surface area contributed by atoms with E-state index < -0.39 is 0 Å². The Labute approximate surface area is 124 Å². The topological polar surface area (TPSA) is 51.4 Å². The maximum atomic E-state index is 5.80. The van der Waals surface area contributed by atoms with Crippen LogP contribution in [0.3, 0.4) is 0 Å². The van der Waals surface area contributed by atoms with Gasteiger partial charge in [-0.3, -0.25) is 0 Å². The highest BCUT2D eigenvalue weighted by molar-refractivity contribution is 5.54. The molecule has 1 aliphatic rings. The number of benzene rings is 1. The molecule has 2 heterocycles. The van der Waals surface area contributed by atoms with Crippen molar-refractivity contribution in [2.45, 2.75) is 32.3 Å². The van der Waals surface area contributed by atoms with Crippen LogP contribution in [-0.4, -0.2) is 35.9 Å². The van der Waals surface area contributed by atoms with Gasteiger partial charge in [0.15, 0.2) is 0 Å². The van der Waals surface area contributed by atoms with Gasteiger partial charge in [-0.15, -0.1) is 0 Å². The highest BCUT2D eigenvalue weighted by atomic mass is 16.5. The average Bonchev–Trinajstić information content (AvgIpc) is 3.04. The van der Waals surface area contributed by atoms with Crippen LogP contribution < -0.4 is 4.90 Å². The van der Waals surface area contributed by atoms with Gasteiger partial charge < -0.3 is 14.2 Å². The Kier molecular flexibility index (Phi) is 4.50. The van der Waals surface area contributed by atoms with Gasteiger partial charge >= 0.3 is 0 Å². The average molecular weight is 287 g/mol. The van der Waals surface area contributed by atoms with Crippen LogP contribution >= 0.6 is 0 Å². The molecule has 5 nitrogen and oxygen atoms in total. The molecule has 1 aromatic carbocycles. The van der Waals surface area contributed by atoms with Crippen molar-refractivity contribution >= 4 is 5.95 Å². The molecular formula is C16H21N3O2. The van der Waals surface area contributed by atoms with E-state index in [2.05, 4.69) is 22.0 Å². The van der Waals surface area contributed by atoms with Gasteiger partial charge in [-0.2, -0.15) is 4.98 Å². The lowest BCUT2D eigenvalue weighted by Gasteiger charge is -2.28. The number of hydrogen-bond acceptors (Lipinski definition) is 5. The molecule has 21 heavy (non-hydrogen) atoms. The van der Waals surface area contributed by atoms with Crippen LogP contribution in [0.1, 0.15) is 26.2 Å². The smallest absolute Gasteiger partial charge is 0.266 e. The Morgan fingerprint density at radius 1 is 1.24 bits per heavy atom. The van der Waals surface area contributed by atoms with Crippen molar-refractivity contribution in [1.29, 1.82) is 0 Å². The molecule has 0 aliphatic carbocycles. The van der Waals surface area contributed by atoms with Gasteiger partial charge in [0.1, 0.15) is 0 Å². The van der Waals surface area contributed by atoms with Crippen molar-refractivity contribution in [2.75, 3.05) is 24.6 Å². The van der Waals surface area contributed by atoms with Crippen LogP contribution in [0.15, 0.2) is 34.9 Å². The lowest BCUT2D eigenvalue weighted by Crippen LogP contribution is -2.36. The van der Waals surface area contributed by atoms with E-state index in [-0.39, 0.29) is 6.10 Å². The highest BCUT2D eigenvalue weighted by Crippen LogP contribution is 2.21. The van der Waals surface area contributed by atoms with Crippen LogP contribution in [0.4, 0.5) is 5.95 Å². The summed E-state index contributed by atoms with van der Waals surface area (Å²) in [5, 5.41) is 4.11. The quantitative estimate of drug-likeness (QED) is 0.845. The van der Waals surface area contributed by atoms with Crippen LogP contribution in [0.2, 0.25) is 0 Å². The van der Waals surface area contributed by atoms with Gasteiger partial charge in [0.2, 0.25) is 0 Å². The van der Waals surface area contributed by atoms with E-state index in [1.54, 1.807) is 0 Å². The molecule has 1 fully saturated rings. The maximum absolute atomic E-state index is 5.80. The fraction of sp³-hybridized carbons (Fsp3) is 0.500. The van der Waals surface area contributed by atoms with Crippen molar-refractivity contribution in [3.05, 3.63) is 30.3 Å². The number of hydrogen-bond donors (Lipinski definition) is 0. The van der Waals surface area contributed by atoms with Crippen molar-refractivity contribution in [1.82, 2.24) is 10.1 Å². The predicted molar refractivity (Wildman–Crippen MR) is 81.2 cm³/mol. The van der Waals surface area contributed by atoms with E-state index in [1.165, 1.54) is 12.8 Å². The normalized spacial score (nSPS) is 18.6. The van der Waals surface area contributed by atoms with Crippen molar-refractivity contribution in [3.8, 4) is 11.5 Å². The lowest BCUT2D eigenvalue weighted by molar-refractivity contribution is 0.0209. The highest BCUT2D eigenvalue weighted by Gasteiger charge is 2.20. The molecule has 0 spiro atoms. The number of rotatable bonds is 5. The summed E-state index contributed by atoms with van der Waals surface area (Å²) in [6, 6.07) is 9.84. The largest absolute Gasteiger partial charge is 0.376 e. The van der Waals surface area contributed by atoms with Gasteiger partial charge in [-0.1, -0.05) is 18.2 Å². The fourth-order valence-corrected chi connectivity index (χ4v) is 2.59. The Hall–Kier alpha value is -1.88. The molecule has 112 valence electrons. The standard InChI is InChI=1S/C16H21N3O2/c1-2-19(12-14-10-6-7-11-20-14)16-17-15(21-18-16)13-8-4-3-5-9-13/h3-5,8-9,14H,2,6-7,10-12H2,1H3. The van der Waals surface area contributed by atoms with Gasteiger partial charge in [-0.25, -0.2) is 0 Å². The summed E-state index contributed by atoms with van der Waals surface area (Å²) in [5.74, 6) is 1.21. The summed E-state index contributed by atoms with van der Waals surface area (Å²) < 4.78 is 11.2. The lowest BCUT2D eigenvalue weighted by atomic mass is 10.1. The number of anilines is 1. The molecular weight excluding hydrogens is 266 g/mol. The molecule has 5 heteroatoms. The van der Waals surface area contributed by atoms with E-state index in [0.717, 1.165) is 31.7 Å². The number of aromatic nitrogens is 2. The zero-order chi connectivity index (χ0) is 14.5. The van der Waals surface area contributed by atoms with E-state index in [9.17, 15) is 0 Å². The second kappa shape index (κ2) is 6.72. The predicted octanol–water partition coefficient (Wildman–Crippen LogP) is 3.13. The Morgan fingerprint density at radius 3 is 2.81 bits per heavy atom. The van der Waals surface area contributed by atoms with Crippen molar-refractivity contribution in [2.24, 2.45) is 0 Å². The third kappa shape index (κ3) is 3.42. The third-order valence-electron chi connectivity index (χ3n) is 3.80. The molecule has 0 N–H and O–H groups in total. The first-order valence-electron chi connectivity index (χ1n) is 7.62. The van der Waals surface area contributed by atoms with Crippen LogP contribution in [-0.2, 0) is 4.74 Å². The minimum absolute atomic E-state index is 0.275. The summed E-state index contributed by atoms with van der Waals surface area (Å²) >= 11 is 0. The second-order valence-corrected chi connectivity index (χ2v) is 5.29. The summed E-state index contributed by atoms with van der Waals surface area (Å²) in [6.45, 7) is 4.63. The van der Waals surface area contributed by atoms with Crippen molar-refractivity contribution < 1.29 is 9.26 Å². The van der Waals surface area contributed by atoms with Gasteiger partial charge in [0, 0.05) is 25.3 Å². The molecule has 3 rings (SSSR count). The number of likely N-dealkylation sites (N-methyl/N-ethyl adjacent to an activating group) is 1. The van der Waals surface area contributed by atoms with Crippen LogP contribution in [0.5, 0.6) is 0 Å². The van der Waals surface area contributed by atoms with Crippen LogP contribution in [0, 0.1) is 0 Å². The van der Waals surface area contributed by atoms with Crippen LogP contribution in [0.25, 0.3) is 11.5 Å². The Morgan fingerprint density at radius 2 is 2.10 bits per heavy atom. The molecule has 1 saturated heterocycles. The molecule has 2 aromatic rings. The van der Waals surface area contributed by atoms with Gasteiger partial charge in [0.05, 0.1) is 6.10 Å². The fourth-order valence-electron chi connectivity index (χ4n) is 2.59. The first-order chi connectivity index (χ1) is 10.4. The minimum atomic E-state index is 0.275. The third-order valence-corrected chi connectivity index (χ3v) is 3.80. The molecule has 0 amide bonds. The summed E-state index contributed by atoms with van der Waals surface area (Å²) in [7, 11) is 0. The maximum Gasteiger partial charge on any atom is 0.266 e.